The minimum Gasteiger partial charge on any atom is -0.404 e. The SMILES string of the molecule is Cc1ccccc1CCO[Si](c1ccccc1C)(c1ccccc1C)c1ccccc1C. The molecule has 0 saturated heterocycles. The Labute approximate surface area is 193 Å². The molecule has 0 bridgehead atoms. The highest BCUT2D eigenvalue weighted by molar-refractivity contribution is 7.07. The first kappa shape index (κ1) is 22.3. The number of rotatable bonds is 7. The maximum atomic E-state index is 7.23. The molecule has 0 atom stereocenters. The van der Waals surface area contributed by atoms with Crippen molar-refractivity contribution in [2.24, 2.45) is 0 Å². The van der Waals surface area contributed by atoms with Crippen LogP contribution >= 0.6 is 0 Å². The van der Waals surface area contributed by atoms with Gasteiger partial charge in [0.05, 0.1) is 0 Å². The van der Waals surface area contributed by atoms with Gasteiger partial charge in [0, 0.05) is 6.61 Å². The van der Waals surface area contributed by atoms with Crippen molar-refractivity contribution in [1.82, 2.24) is 0 Å². The van der Waals surface area contributed by atoms with Gasteiger partial charge in [-0.1, -0.05) is 97.1 Å². The number of hydrogen-bond acceptors (Lipinski definition) is 1. The minimum absolute atomic E-state index is 0.689. The van der Waals surface area contributed by atoms with Gasteiger partial charge in [0.25, 0.3) is 8.32 Å². The molecule has 0 aromatic heterocycles. The van der Waals surface area contributed by atoms with E-state index in [1.54, 1.807) is 0 Å². The van der Waals surface area contributed by atoms with Crippen molar-refractivity contribution in [3.8, 4) is 0 Å². The zero-order valence-electron chi connectivity index (χ0n) is 19.6. The van der Waals surface area contributed by atoms with Gasteiger partial charge in [-0.15, -0.1) is 0 Å². The van der Waals surface area contributed by atoms with Crippen LogP contribution in [-0.2, 0) is 10.8 Å². The van der Waals surface area contributed by atoms with E-state index in [4.69, 9.17) is 4.43 Å². The molecule has 0 unspecified atom stereocenters. The predicted octanol–water partition coefficient (Wildman–Crippen LogP) is 5.15. The van der Waals surface area contributed by atoms with Crippen molar-refractivity contribution in [3.63, 3.8) is 0 Å². The van der Waals surface area contributed by atoms with Crippen molar-refractivity contribution in [3.05, 3.63) is 125 Å². The Morgan fingerprint density at radius 1 is 0.500 bits per heavy atom. The molecule has 0 spiro atoms. The minimum atomic E-state index is -2.73. The van der Waals surface area contributed by atoms with E-state index >= 15 is 0 Å². The van der Waals surface area contributed by atoms with Gasteiger partial charge >= 0.3 is 0 Å². The molecule has 162 valence electrons. The van der Waals surface area contributed by atoms with E-state index in [0.717, 1.165) is 6.42 Å². The summed E-state index contributed by atoms with van der Waals surface area (Å²) in [5.41, 5.74) is 6.56. The molecule has 4 aromatic rings. The van der Waals surface area contributed by atoms with E-state index in [0.29, 0.717) is 6.61 Å². The standard InChI is InChI=1S/C30H32OSi/c1-23-13-5-9-17-27(23)21-22-31-32(28-18-10-6-14-24(28)2,29-19-11-7-15-25(29)3)30-20-12-8-16-26(30)4/h5-20H,21-22H2,1-4H3. The molecule has 32 heavy (non-hydrogen) atoms. The van der Waals surface area contributed by atoms with E-state index in [1.165, 1.54) is 43.4 Å². The first-order valence-electron chi connectivity index (χ1n) is 11.4. The maximum Gasteiger partial charge on any atom is 0.289 e. The summed E-state index contributed by atoms with van der Waals surface area (Å²) in [5.74, 6) is 0. The molecule has 0 aliphatic heterocycles. The third-order valence-corrected chi connectivity index (χ3v) is 11.1. The van der Waals surface area contributed by atoms with Crippen LogP contribution in [-0.4, -0.2) is 14.9 Å². The van der Waals surface area contributed by atoms with Gasteiger partial charge < -0.3 is 4.43 Å². The van der Waals surface area contributed by atoms with Gasteiger partial charge in [0.1, 0.15) is 0 Å². The molecular weight excluding hydrogens is 404 g/mol. The average Bonchev–Trinajstić information content (AvgIpc) is 2.80. The fourth-order valence-electron chi connectivity index (χ4n) is 4.78. The summed E-state index contributed by atoms with van der Waals surface area (Å²) >= 11 is 0. The highest BCUT2D eigenvalue weighted by Crippen LogP contribution is 2.17. The van der Waals surface area contributed by atoms with Gasteiger partial charge in [0.15, 0.2) is 0 Å². The van der Waals surface area contributed by atoms with Gasteiger partial charge in [-0.3, -0.25) is 0 Å². The molecule has 4 aromatic carbocycles. The van der Waals surface area contributed by atoms with Crippen molar-refractivity contribution in [1.29, 1.82) is 0 Å². The maximum absolute atomic E-state index is 7.23. The Hall–Kier alpha value is -2.94. The Kier molecular flexibility index (Phi) is 6.74. The van der Waals surface area contributed by atoms with E-state index in [-0.39, 0.29) is 0 Å². The van der Waals surface area contributed by atoms with Crippen LogP contribution < -0.4 is 15.6 Å². The molecule has 0 aliphatic carbocycles. The quantitative estimate of drug-likeness (QED) is 0.288. The van der Waals surface area contributed by atoms with Crippen LogP contribution in [0.15, 0.2) is 97.1 Å². The summed E-state index contributed by atoms with van der Waals surface area (Å²) in [6.45, 7) is 9.53. The summed E-state index contributed by atoms with van der Waals surface area (Å²) in [6.07, 6.45) is 0.908. The Morgan fingerprint density at radius 2 is 0.875 bits per heavy atom. The van der Waals surface area contributed by atoms with Crippen LogP contribution in [0.4, 0.5) is 0 Å². The number of hydrogen-bond donors (Lipinski definition) is 0. The van der Waals surface area contributed by atoms with E-state index in [2.05, 4.69) is 125 Å². The van der Waals surface area contributed by atoms with Gasteiger partial charge in [-0.25, -0.2) is 0 Å². The Morgan fingerprint density at radius 3 is 1.28 bits per heavy atom. The van der Waals surface area contributed by atoms with E-state index < -0.39 is 8.32 Å². The smallest absolute Gasteiger partial charge is 0.289 e. The Balaban J connectivity index is 1.91. The van der Waals surface area contributed by atoms with Crippen LogP contribution in [0.1, 0.15) is 27.8 Å². The highest BCUT2D eigenvalue weighted by Gasteiger charge is 2.44. The van der Waals surface area contributed by atoms with E-state index in [9.17, 15) is 0 Å². The monoisotopic (exact) mass is 436 g/mol. The van der Waals surface area contributed by atoms with Gasteiger partial charge in [0.2, 0.25) is 0 Å². The molecule has 1 nitrogen and oxygen atoms in total. The molecule has 0 aliphatic rings. The average molecular weight is 437 g/mol. The van der Waals surface area contributed by atoms with Crippen LogP contribution in [0.25, 0.3) is 0 Å². The van der Waals surface area contributed by atoms with Crippen LogP contribution in [0.5, 0.6) is 0 Å². The molecular formula is C30H32OSi. The van der Waals surface area contributed by atoms with Crippen molar-refractivity contribution < 1.29 is 4.43 Å². The largest absolute Gasteiger partial charge is 0.404 e. The molecule has 0 saturated carbocycles. The lowest BCUT2D eigenvalue weighted by Crippen LogP contribution is -2.71. The summed E-state index contributed by atoms with van der Waals surface area (Å²) in [6, 6.07) is 35.0. The second-order valence-corrected chi connectivity index (χ2v) is 11.9. The second-order valence-electron chi connectivity index (χ2n) is 8.65. The molecule has 0 amide bonds. The third-order valence-electron chi connectivity index (χ3n) is 6.52. The summed E-state index contributed by atoms with van der Waals surface area (Å²) in [7, 11) is -2.73. The normalized spacial score (nSPS) is 11.5. The van der Waals surface area contributed by atoms with Crippen LogP contribution in [0.3, 0.4) is 0 Å². The lowest BCUT2D eigenvalue weighted by Gasteiger charge is -2.36. The molecule has 2 heteroatoms. The van der Waals surface area contributed by atoms with Gasteiger partial charge in [-0.2, -0.15) is 0 Å². The number of benzene rings is 4. The summed E-state index contributed by atoms with van der Waals surface area (Å²) in [4.78, 5) is 0. The van der Waals surface area contributed by atoms with Crippen molar-refractivity contribution in [2.45, 2.75) is 34.1 Å². The third kappa shape index (κ3) is 4.21. The van der Waals surface area contributed by atoms with Crippen molar-refractivity contribution >= 4 is 23.9 Å². The molecule has 0 radical (unpaired) electrons. The van der Waals surface area contributed by atoms with Crippen LogP contribution in [0.2, 0.25) is 0 Å². The number of aryl methyl sites for hydroxylation is 4. The second kappa shape index (κ2) is 9.68. The van der Waals surface area contributed by atoms with Crippen molar-refractivity contribution in [2.75, 3.05) is 6.61 Å². The first-order chi connectivity index (χ1) is 15.5. The molecule has 0 N–H and O–H groups in total. The summed E-state index contributed by atoms with van der Waals surface area (Å²) < 4.78 is 7.23. The van der Waals surface area contributed by atoms with Crippen LogP contribution in [0, 0.1) is 27.7 Å². The molecule has 0 fully saturated rings. The fourth-order valence-corrected chi connectivity index (χ4v) is 9.43. The lowest BCUT2D eigenvalue weighted by atomic mass is 10.1. The van der Waals surface area contributed by atoms with E-state index in [1.807, 2.05) is 0 Å². The zero-order chi connectivity index (χ0) is 22.6. The molecule has 0 heterocycles. The van der Waals surface area contributed by atoms with Gasteiger partial charge in [-0.05, 0) is 77.5 Å². The first-order valence-corrected chi connectivity index (χ1v) is 13.3. The lowest BCUT2D eigenvalue weighted by molar-refractivity contribution is 0.327. The topological polar surface area (TPSA) is 9.23 Å². The highest BCUT2D eigenvalue weighted by atomic mass is 28.4. The predicted molar refractivity (Wildman–Crippen MR) is 139 cm³/mol. The molecule has 4 rings (SSSR count). The Bertz CT molecular complexity index is 1100. The zero-order valence-corrected chi connectivity index (χ0v) is 20.6. The fraction of sp³-hybridized carbons (Fsp3) is 0.200. The summed E-state index contributed by atoms with van der Waals surface area (Å²) in [5, 5.41) is 4.02.